The molecule has 1 heterocycles. The number of carbonyl (C=O) groups is 1. The van der Waals surface area contributed by atoms with Crippen LogP contribution in [-0.4, -0.2) is 23.9 Å². The maximum absolute atomic E-state index is 12.5. The predicted molar refractivity (Wildman–Crippen MR) is 104 cm³/mol. The molecule has 132 valence electrons. The molecule has 0 aliphatic carbocycles. The van der Waals surface area contributed by atoms with Gasteiger partial charge in [0.2, 0.25) is 0 Å². The van der Waals surface area contributed by atoms with Gasteiger partial charge in [0.15, 0.2) is 0 Å². The molecule has 0 unspecified atom stereocenters. The number of nitrogens with zero attached hydrogens (tertiary/aromatic N) is 1. The number of aryl methyl sites for hydroxylation is 1. The van der Waals surface area contributed by atoms with Gasteiger partial charge in [0, 0.05) is 24.3 Å². The molecule has 1 N–H and O–H groups in total. The third-order valence-corrected chi connectivity index (χ3v) is 5.22. The molecular formula is C22H28N2O. The molecule has 1 aliphatic rings. The molecule has 0 saturated carbocycles. The van der Waals surface area contributed by atoms with Gasteiger partial charge < -0.3 is 5.32 Å². The molecule has 1 saturated heterocycles. The highest BCUT2D eigenvalue weighted by Gasteiger charge is 2.16. The first kappa shape index (κ1) is 17.7. The van der Waals surface area contributed by atoms with Crippen LogP contribution in [0, 0.1) is 19.8 Å². The molecule has 0 bridgehead atoms. The van der Waals surface area contributed by atoms with Gasteiger partial charge in [-0.05, 0) is 74.0 Å². The van der Waals surface area contributed by atoms with Crippen LogP contribution < -0.4 is 5.32 Å². The van der Waals surface area contributed by atoms with Crippen LogP contribution in [0.4, 0.5) is 5.69 Å². The first-order valence-corrected chi connectivity index (χ1v) is 9.22. The van der Waals surface area contributed by atoms with Crippen LogP contribution in [-0.2, 0) is 6.54 Å². The summed E-state index contributed by atoms with van der Waals surface area (Å²) in [6, 6.07) is 14.0. The Morgan fingerprint density at radius 1 is 1.16 bits per heavy atom. The van der Waals surface area contributed by atoms with Crippen molar-refractivity contribution < 1.29 is 4.79 Å². The molecule has 0 aromatic heterocycles. The lowest BCUT2D eigenvalue weighted by Gasteiger charge is -2.30. The SMILES string of the molecule is Cc1cccc(NC(=O)c2ccc(CN3CCC[C@@H](C)C3)cc2)c1C. The van der Waals surface area contributed by atoms with Crippen LogP contribution in [0.25, 0.3) is 0 Å². The number of hydrogen-bond donors (Lipinski definition) is 1. The first-order valence-electron chi connectivity index (χ1n) is 9.22. The van der Waals surface area contributed by atoms with Crippen molar-refractivity contribution in [1.29, 1.82) is 0 Å². The van der Waals surface area contributed by atoms with Gasteiger partial charge in [-0.2, -0.15) is 0 Å². The topological polar surface area (TPSA) is 32.3 Å². The molecule has 1 atom stereocenters. The van der Waals surface area contributed by atoms with Gasteiger partial charge in [0.25, 0.3) is 5.91 Å². The predicted octanol–water partition coefficient (Wildman–Crippen LogP) is 4.79. The number of likely N-dealkylation sites (tertiary alicyclic amines) is 1. The molecule has 1 fully saturated rings. The smallest absolute Gasteiger partial charge is 0.255 e. The lowest BCUT2D eigenvalue weighted by molar-refractivity contribution is 0.102. The van der Waals surface area contributed by atoms with E-state index >= 15 is 0 Å². The van der Waals surface area contributed by atoms with E-state index in [4.69, 9.17) is 0 Å². The molecule has 0 spiro atoms. The molecule has 3 heteroatoms. The van der Waals surface area contributed by atoms with Crippen molar-refractivity contribution in [2.75, 3.05) is 18.4 Å². The van der Waals surface area contributed by atoms with E-state index < -0.39 is 0 Å². The van der Waals surface area contributed by atoms with E-state index in [1.165, 1.54) is 37.1 Å². The van der Waals surface area contributed by atoms with E-state index in [0.29, 0.717) is 5.56 Å². The van der Waals surface area contributed by atoms with E-state index in [0.717, 1.165) is 23.7 Å². The highest BCUT2D eigenvalue weighted by Crippen LogP contribution is 2.20. The zero-order valence-electron chi connectivity index (χ0n) is 15.5. The summed E-state index contributed by atoms with van der Waals surface area (Å²) in [5.74, 6) is 0.739. The number of anilines is 1. The third kappa shape index (κ3) is 4.49. The normalized spacial score (nSPS) is 18.1. The van der Waals surface area contributed by atoms with Crippen LogP contribution in [0.3, 0.4) is 0 Å². The lowest BCUT2D eigenvalue weighted by atomic mass is 9.99. The Bertz CT molecular complexity index is 736. The Morgan fingerprint density at radius 3 is 2.64 bits per heavy atom. The average molecular weight is 336 g/mol. The van der Waals surface area contributed by atoms with Crippen LogP contribution >= 0.6 is 0 Å². The monoisotopic (exact) mass is 336 g/mol. The Labute approximate surface area is 151 Å². The van der Waals surface area contributed by atoms with Crippen molar-refractivity contribution in [3.05, 3.63) is 64.7 Å². The van der Waals surface area contributed by atoms with Gasteiger partial charge in [0.1, 0.15) is 0 Å². The van der Waals surface area contributed by atoms with Gasteiger partial charge in [-0.1, -0.05) is 31.2 Å². The number of rotatable bonds is 4. The van der Waals surface area contributed by atoms with Gasteiger partial charge in [-0.25, -0.2) is 0 Å². The number of carbonyl (C=O) groups excluding carboxylic acids is 1. The fraction of sp³-hybridized carbons (Fsp3) is 0.409. The Kier molecular flexibility index (Phi) is 5.54. The summed E-state index contributed by atoms with van der Waals surface area (Å²) in [7, 11) is 0. The number of amides is 1. The summed E-state index contributed by atoms with van der Waals surface area (Å²) in [4.78, 5) is 15.0. The highest BCUT2D eigenvalue weighted by atomic mass is 16.1. The van der Waals surface area contributed by atoms with Gasteiger partial charge in [0.05, 0.1) is 0 Å². The molecule has 3 rings (SSSR count). The first-order chi connectivity index (χ1) is 12.0. The van der Waals surface area contributed by atoms with E-state index in [2.05, 4.69) is 42.3 Å². The minimum Gasteiger partial charge on any atom is -0.322 e. The quantitative estimate of drug-likeness (QED) is 0.871. The Hall–Kier alpha value is -2.13. The standard InChI is InChI=1S/C22H28N2O/c1-16-6-5-13-24(14-16)15-19-9-11-20(12-10-19)22(25)23-21-8-4-7-17(2)18(21)3/h4,7-12,16H,5-6,13-15H2,1-3H3,(H,23,25)/t16-/m1/s1. The maximum atomic E-state index is 12.5. The zero-order chi connectivity index (χ0) is 17.8. The second-order valence-electron chi connectivity index (χ2n) is 7.38. The zero-order valence-corrected chi connectivity index (χ0v) is 15.5. The maximum Gasteiger partial charge on any atom is 0.255 e. The molecule has 1 amide bonds. The van der Waals surface area contributed by atoms with Crippen molar-refractivity contribution in [2.24, 2.45) is 5.92 Å². The van der Waals surface area contributed by atoms with Crippen molar-refractivity contribution in [3.63, 3.8) is 0 Å². The van der Waals surface area contributed by atoms with E-state index in [1.54, 1.807) is 0 Å². The van der Waals surface area contributed by atoms with Crippen LogP contribution in [0.15, 0.2) is 42.5 Å². The minimum atomic E-state index is -0.0492. The molecule has 3 nitrogen and oxygen atoms in total. The molecule has 2 aromatic carbocycles. The number of nitrogens with one attached hydrogen (secondary N) is 1. The summed E-state index contributed by atoms with van der Waals surface area (Å²) >= 11 is 0. The second-order valence-corrected chi connectivity index (χ2v) is 7.38. The fourth-order valence-electron chi connectivity index (χ4n) is 3.53. The lowest BCUT2D eigenvalue weighted by Crippen LogP contribution is -2.33. The van der Waals surface area contributed by atoms with Gasteiger partial charge in [-0.15, -0.1) is 0 Å². The minimum absolute atomic E-state index is 0.0492. The largest absolute Gasteiger partial charge is 0.322 e. The molecule has 1 aliphatic heterocycles. The molecule has 25 heavy (non-hydrogen) atoms. The number of piperidine rings is 1. The van der Waals surface area contributed by atoms with Crippen molar-refractivity contribution in [2.45, 2.75) is 40.2 Å². The van der Waals surface area contributed by atoms with E-state index in [-0.39, 0.29) is 5.91 Å². The molecular weight excluding hydrogens is 308 g/mol. The van der Waals surface area contributed by atoms with Crippen LogP contribution in [0.1, 0.15) is 46.8 Å². The van der Waals surface area contributed by atoms with Gasteiger partial charge >= 0.3 is 0 Å². The van der Waals surface area contributed by atoms with Crippen LogP contribution in [0.2, 0.25) is 0 Å². The number of hydrogen-bond acceptors (Lipinski definition) is 2. The van der Waals surface area contributed by atoms with Crippen molar-refractivity contribution >= 4 is 11.6 Å². The number of benzene rings is 2. The summed E-state index contributed by atoms with van der Waals surface area (Å²) in [6.07, 6.45) is 2.63. The fourth-order valence-corrected chi connectivity index (χ4v) is 3.53. The highest BCUT2D eigenvalue weighted by molar-refractivity contribution is 6.04. The summed E-state index contributed by atoms with van der Waals surface area (Å²) in [5.41, 5.74) is 5.17. The second kappa shape index (κ2) is 7.83. The summed E-state index contributed by atoms with van der Waals surface area (Å²) in [5, 5.41) is 3.02. The van der Waals surface area contributed by atoms with E-state index in [9.17, 15) is 4.79 Å². The Morgan fingerprint density at radius 2 is 1.92 bits per heavy atom. The Balaban J connectivity index is 1.63. The average Bonchev–Trinajstić information content (AvgIpc) is 2.59. The third-order valence-electron chi connectivity index (χ3n) is 5.22. The van der Waals surface area contributed by atoms with Gasteiger partial charge in [-0.3, -0.25) is 9.69 Å². The van der Waals surface area contributed by atoms with Crippen LogP contribution in [0.5, 0.6) is 0 Å². The summed E-state index contributed by atoms with van der Waals surface area (Å²) in [6.45, 7) is 9.75. The van der Waals surface area contributed by atoms with Crippen molar-refractivity contribution in [1.82, 2.24) is 4.90 Å². The van der Waals surface area contributed by atoms with Crippen molar-refractivity contribution in [3.8, 4) is 0 Å². The summed E-state index contributed by atoms with van der Waals surface area (Å²) < 4.78 is 0. The van der Waals surface area contributed by atoms with E-state index in [1.807, 2.05) is 31.2 Å². The molecule has 2 aromatic rings. The molecule has 0 radical (unpaired) electrons.